The van der Waals surface area contributed by atoms with Crippen molar-refractivity contribution in [2.24, 2.45) is 23.5 Å². The molecule has 240 valence electrons. The molecular formula is C32H59NO8. The van der Waals surface area contributed by atoms with Crippen molar-refractivity contribution in [2.75, 3.05) is 13.2 Å². The summed E-state index contributed by atoms with van der Waals surface area (Å²) in [6, 6.07) is -0.607. The number of esters is 3. The van der Waals surface area contributed by atoms with Gasteiger partial charge < -0.3 is 29.4 Å². The maximum atomic E-state index is 12.3. The number of hydrogen-bond donors (Lipinski definition) is 1. The van der Waals surface area contributed by atoms with Gasteiger partial charge in [-0.2, -0.15) is 0 Å². The Morgan fingerprint density at radius 2 is 1.07 bits per heavy atom. The monoisotopic (exact) mass is 585 g/mol. The molecule has 6 atom stereocenters. The summed E-state index contributed by atoms with van der Waals surface area (Å²) in [6.45, 7) is 32.6. The smallest absolute Gasteiger partial charge is 0.322 e. The predicted molar refractivity (Wildman–Crippen MR) is 163 cm³/mol. The summed E-state index contributed by atoms with van der Waals surface area (Å²) in [5, 5.41) is 0. The van der Waals surface area contributed by atoms with Crippen molar-refractivity contribution in [3.8, 4) is 0 Å². The van der Waals surface area contributed by atoms with Gasteiger partial charge in [-0.3, -0.25) is 14.4 Å². The molecule has 0 aliphatic rings. The molecule has 0 aliphatic heterocycles. The molecule has 0 rings (SSSR count). The molecule has 9 heteroatoms. The van der Waals surface area contributed by atoms with E-state index in [1.54, 1.807) is 34.6 Å². The fourth-order valence-corrected chi connectivity index (χ4v) is 3.49. The number of carbonyl (C=O) groups excluding carboxylic acids is 3. The number of hydrogen-bond acceptors (Lipinski definition) is 9. The maximum absolute atomic E-state index is 12.3. The van der Waals surface area contributed by atoms with Gasteiger partial charge >= 0.3 is 17.9 Å². The van der Waals surface area contributed by atoms with E-state index in [9.17, 15) is 14.4 Å². The zero-order chi connectivity index (χ0) is 32.7. The molecule has 0 bridgehead atoms. The van der Waals surface area contributed by atoms with Gasteiger partial charge in [-0.1, -0.05) is 58.9 Å². The van der Waals surface area contributed by atoms with Gasteiger partial charge in [-0.05, 0) is 67.2 Å². The Bertz CT molecular complexity index is 828. The van der Waals surface area contributed by atoms with Crippen molar-refractivity contribution in [1.29, 1.82) is 0 Å². The van der Waals surface area contributed by atoms with Gasteiger partial charge in [0.25, 0.3) is 0 Å². The third-order valence-electron chi connectivity index (χ3n) is 5.60. The highest BCUT2D eigenvalue weighted by Gasteiger charge is 2.30. The summed E-state index contributed by atoms with van der Waals surface area (Å²) in [6.07, 6.45) is -1.08. The normalized spacial score (nSPS) is 15.9. The minimum atomic E-state index is -0.607. The van der Waals surface area contributed by atoms with Crippen molar-refractivity contribution in [3.63, 3.8) is 0 Å². The molecule has 0 fully saturated rings. The standard InChI is InChI=1S/C19H34O5.C13H25NO3/c1-12(2)11-22-15(6)17(13(3)4)23-18(21)14(5)10-16(20)24-19(7,8)9;1-8(2)7-16-11(6)12(9(3)4)17-13(15)10(5)14/h13-15,17H,1,10-11H2,2-9H3;9-12H,1,7,14H2,2-6H3/t14-,15+,17-;10-,11-,12+/m10/s1. The minimum Gasteiger partial charge on any atom is -0.460 e. The molecule has 9 nitrogen and oxygen atoms in total. The average Bonchev–Trinajstić information content (AvgIpc) is 2.80. The predicted octanol–water partition coefficient (Wildman–Crippen LogP) is 5.79. The molecule has 0 aromatic carbocycles. The Balaban J connectivity index is 0. The first-order valence-electron chi connectivity index (χ1n) is 14.5. The van der Waals surface area contributed by atoms with Crippen LogP contribution in [-0.2, 0) is 38.1 Å². The van der Waals surface area contributed by atoms with Crippen LogP contribution in [0.15, 0.2) is 24.3 Å². The number of ether oxygens (including phenoxy) is 5. The molecule has 2 N–H and O–H groups in total. The SMILES string of the molecule is C=C(C)CO[C@@H](C)[C@H](OC(=O)[C@H](C)CC(=O)OC(C)(C)C)C(C)C.C=C(C)CO[C@@H](C)[C@H](OC(=O)[C@H](C)N)C(C)C. The van der Waals surface area contributed by atoms with E-state index in [-0.39, 0.29) is 42.7 Å². The number of rotatable bonds is 16. The van der Waals surface area contributed by atoms with E-state index >= 15 is 0 Å². The Morgan fingerprint density at radius 1 is 0.707 bits per heavy atom. The van der Waals surface area contributed by atoms with Gasteiger partial charge in [0.15, 0.2) is 0 Å². The van der Waals surface area contributed by atoms with Crippen molar-refractivity contribution in [1.82, 2.24) is 0 Å². The van der Waals surface area contributed by atoms with Crippen LogP contribution in [0.1, 0.15) is 96.4 Å². The van der Waals surface area contributed by atoms with Gasteiger partial charge in [0, 0.05) is 0 Å². The third kappa shape index (κ3) is 20.3. The second-order valence-corrected chi connectivity index (χ2v) is 12.7. The fraction of sp³-hybridized carbons (Fsp3) is 0.781. The molecule has 0 saturated carbocycles. The third-order valence-corrected chi connectivity index (χ3v) is 5.60. The van der Waals surface area contributed by atoms with E-state index in [1.807, 2.05) is 55.4 Å². The Morgan fingerprint density at radius 3 is 1.37 bits per heavy atom. The van der Waals surface area contributed by atoms with Gasteiger partial charge in [0.05, 0.1) is 37.8 Å². The van der Waals surface area contributed by atoms with E-state index in [1.165, 1.54) is 0 Å². The highest BCUT2D eigenvalue weighted by molar-refractivity contribution is 5.80. The Labute approximate surface area is 249 Å². The largest absolute Gasteiger partial charge is 0.460 e. The molecular weight excluding hydrogens is 526 g/mol. The average molecular weight is 586 g/mol. The minimum absolute atomic E-state index is 0.00191. The second kappa shape index (κ2) is 19.8. The van der Waals surface area contributed by atoms with Crippen LogP contribution in [0.5, 0.6) is 0 Å². The molecule has 0 aromatic heterocycles. The van der Waals surface area contributed by atoms with E-state index < -0.39 is 35.5 Å². The highest BCUT2D eigenvalue weighted by Crippen LogP contribution is 2.19. The lowest BCUT2D eigenvalue weighted by Gasteiger charge is -2.28. The van der Waals surface area contributed by atoms with Crippen LogP contribution in [0.2, 0.25) is 0 Å². The molecule has 0 heterocycles. The second-order valence-electron chi connectivity index (χ2n) is 12.7. The van der Waals surface area contributed by atoms with Crippen LogP contribution < -0.4 is 5.73 Å². The van der Waals surface area contributed by atoms with Crippen molar-refractivity contribution >= 4 is 17.9 Å². The zero-order valence-electron chi connectivity index (χ0n) is 28.0. The Hall–Kier alpha value is -2.23. The summed E-state index contributed by atoms with van der Waals surface area (Å²) in [5.74, 6) is -1.49. The van der Waals surface area contributed by atoms with Gasteiger partial charge in [0.2, 0.25) is 0 Å². The van der Waals surface area contributed by atoms with E-state index in [4.69, 9.17) is 29.4 Å². The van der Waals surface area contributed by atoms with Crippen LogP contribution in [0, 0.1) is 17.8 Å². The van der Waals surface area contributed by atoms with Crippen molar-refractivity contribution in [3.05, 3.63) is 24.3 Å². The maximum Gasteiger partial charge on any atom is 0.322 e. The van der Waals surface area contributed by atoms with Gasteiger partial charge in [-0.25, -0.2) is 0 Å². The molecule has 0 amide bonds. The van der Waals surface area contributed by atoms with Gasteiger partial charge in [0.1, 0.15) is 23.9 Å². The van der Waals surface area contributed by atoms with Crippen LogP contribution in [0.4, 0.5) is 0 Å². The van der Waals surface area contributed by atoms with Crippen LogP contribution in [0.25, 0.3) is 0 Å². The molecule has 0 radical (unpaired) electrons. The summed E-state index contributed by atoms with van der Waals surface area (Å²) >= 11 is 0. The molecule has 41 heavy (non-hydrogen) atoms. The quantitative estimate of drug-likeness (QED) is 0.136. The lowest BCUT2D eigenvalue weighted by molar-refractivity contribution is -0.169. The fourth-order valence-electron chi connectivity index (χ4n) is 3.49. The molecule has 0 unspecified atom stereocenters. The van der Waals surface area contributed by atoms with Crippen molar-refractivity contribution < 1.29 is 38.1 Å². The molecule has 0 aliphatic carbocycles. The molecule has 0 spiro atoms. The first-order chi connectivity index (χ1) is 18.6. The summed E-state index contributed by atoms with van der Waals surface area (Å²) in [4.78, 5) is 35.6. The summed E-state index contributed by atoms with van der Waals surface area (Å²) in [7, 11) is 0. The molecule has 0 saturated heterocycles. The lowest BCUT2D eigenvalue weighted by Crippen LogP contribution is -2.40. The Kier molecular flexibility index (Phi) is 19.8. The summed E-state index contributed by atoms with van der Waals surface area (Å²) < 4.78 is 27.5. The van der Waals surface area contributed by atoms with Crippen LogP contribution >= 0.6 is 0 Å². The highest BCUT2D eigenvalue weighted by atomic mass is 16.6. The molecule has 0 aromatic rings. The van der Waals surface area contributed by atoms with Gasteiger partial charge in [-0.15, -0.1) is 0 Å². The lowest BCUT2D eigenvalue weighted by atomic mass is 10.0. The zero-order valence-corrected chi connectivity index (χ0v) is 28.0. The topological polar surface area (TPSA) is 123 Å². The first kappa shape index (κ1) is 40.9. The summed E-state index contributed by atoms with van der Waals surface area (Å²) in [5.41, 5.74) is 6.77. The number of nitrogens with two attached hydrogens (primary N) is 1. The van der Waals surface area contributed by atoms with E-state index in [2.05, 4.69) is 13.2 Å². The van der Waals surface area contributed by atoms with Crippen LogP contribution in [-0.4, -0.2) is 67.2 Å². The van der Waals surface area contributed by atoms with E-state index in [0.717, 1.165) is 11.1 Å². The first-order valence-corrected chi connectivity index (χ1v) is 14.5. The van der Waals surface area contributed by atoms with Crippen molar-refractivity contribution in [2.45, 2.75) is 132 Å². The van der Waals surface area contributed by atoms with Crippen LogP contribution in [0.3, 0.4) is 0 Å². The number of carbonyl (C=O) groups is 3. The van der Waals surface area contributed by atoms with E-state index in [0.29, 0.717) is 13.2 Å².